The number of halogens is 1. The fourth-order valence-electron chi connectivity index (χ4n) is 9.74. The van der Waals surface area contributed by atoms with Gasteiger partial charge in [-0.05, 0) is 132 Å². The molecule has 1 saturated heterocycles. The van der Waals surface area contributed by atoms with Crippen molar-refractivity contribution < 1.29 is 27.4 Å². The number of benzene rings is 2. The number of aryl methyl sites for hydroxylation is 1. The molecule has 2 bridgehead atoms. The summed E-state index contributed by atoms with van der Waals surface area (Å²) < 4.78 is 49.6. The van der Waals surface area contributed by atoms with Gasteiger partial charge in [-0.2, -0.15) is 0 Å². The molecule has 4 aliphatic rings. The Labute approximate surface area is 341 Å². The third-order valence-corrected chi connectivity index (χ3v) is 15.0. The standard InChI is InChI=1S/C44H65ClN4O6S/c1-7-55-44(30-47-22-23-49(31(2)3)33(5)27-47)20-10-11-32(4)42(19-24-53-6)56(51,52)46-43(50)35-15-18-41-40(26-35)48(28-36-14-17-39(36)44)21-9-8-12-34-25-38(45)16-13-37(34)29-54-41/h10,13,15-16,18,20,25-26,31-33,36,39,42H,7-9,11-12,14,17,19,21-24,27-30H2,1-6H3,(H,46,50)/b20-10+/t32-,33+,36-,39+,42+,44-/m0/s1. The summed E-state index contributed by atoms with van der Waals surface area (Å²) in [6, 6.07) is 12.2. The molecular formula is C44H65ClN4O6S. The fraction of sp³-hybridized carbons (Fsp3) is 0.659. The minimum Gasteiger partial charge on any atom is -0.487 e. The number of fused-ring (bicyclic) bond motifs is 3. The maximum atomic E-state index is 14.1. The van der Waals surface area contributed by atoms with Gasteiger partial charge >= 0.3 is 0 Å². The first-order valence-electron chi connectivity index (χ1n) is 21.0. The van der Waals surface area contributed by atoms with Gasteiger partial charge < -0.3 is 19.1 Å². The van der Waals surface area contributed by atoms with E-state index in [2.05, 4.69) is 59.3 Å². The van der Waals surface area contributed by atoms with Gasteiger partial charge in [0.05, 0.1) is 10.9 Å². The van der Waals surface area contributed by atoms with Gasteiger partial charge in [-0.25, -0.2) is 13.1 Å². The molecule has 1 saturated carbocycles. The number of allylic oxidation sites excluding steroid dienone is 1. The van der Waals surface area contributed by atoms with Crippen LogP contribution in [0.25, 0.3) is 0 Å². The van der Waals surface area contributed by atoms with Crippen LogP contribution < -0.4 is 14.4 Å². The molecule has 3 aliphatic heterocycles. The van der Waals surface area contributed by atoms with E-state index in [0.717, 1.165) is 82.6 Å². The van der Waals surface area contributed by atoms with Gasteiger partial charge in [0.25, 0.3) is 5.91 Å². The van der Waals surface area contributed by atoms with Crippen LogP contribution in [0.2, 0.25) is 5.02 Å². The van der Waals surface area contributed by atoms with Crippen LogP contribution in [0, 0.1) is 17.8 Å². The van der Waals surface area contributed by atoms with E-state index in [-0.39, 0.29) is 30.4 Å². The molecule has 6 rings (SSSR count). The zero-order valence-corrected chi connectivity index (χ0v) is 36.0. The third kappa shape index (κ3) is 9.95. The molecule has 12 heteroatoms. The van der Waals surface area contributed by atoms with Crippen molar-refractivity contribution in [3.63, 3.8) is 0 Å². The predicted octanol–water partition coefficient (Wildman–Crippen LogP) is 7.34. The van der Waals surface area contributed by atoms with E-state index in [4.69, 9.17) is 25.8 Å². The highest BCUT2D eigenvalue weighted by Crippen LogP contribution is 2.47. The maximum absolute atomic E-state index is 14.1. The molecule has 0 radical (unpaired) electrons. The largest absolute Gasteiger partial charge is 0.487 e. The number of carbonyl (C=O) groups is 1. The minimum absolute atomic E-state index is 0.258. The Kier molecular flexibility index (Phi) is 14.5. The summed E-state index contributed by atoms with van der Waals surface area (Å²) in [7, 11) is -2.50. The normalized spacial score (nSPS) is 29.9. The smallest absolute Gasteiger partial charge is 0.264 e. The Morgan fingerprint density at radius 3 is 2.57 bits per heavy atom. The van der Waals surface area contributed by atoms with Crippen LogP contribution >= 0.6 is 11.6 Å². The molecule has 0 aromatic heterocycles. The highest BCUT2D eigenvalue weighted by Gasteiger charge is 2.49. The van der Waals surface area contributed by atoms with E-state index in [0.29, 0.717) is 48.4 Å². The van der Waals surface area contributed by atoms with E-state index >= 15 is 0 Å². The lowest BCUT2D eigenvalue weighted by atomic mass is 9.63. The Hall–Kier alpha value is -2.67. The molecule has 6 atom stereocenters. The summed E-state index contributed by atoms with van der Waals surface area (Å²) in [6.07, 6.45) is 10.2. The van der Waals surface area contributed by atoms with Crippen molar-refractivity contribution >= 4 is 33.2 Å². The van der Waals surface area contributed by atoms with Gasteiger partial charge in [-0.3, -0.25) is 14.6 Å². The second-order valence-corrected chi connectivity index (χ2v) is 19.3. The van der Waals surface area contributed by atoms with Crippen molar-refractivity contribution in [2.24, 2.45) is 17.8 Å². The lowest BCUT2D eigenvalue weighted by molar-refractivity contribution is -0.115. The first-order chi connectivity index (χ1) is 26.8. The van der Waals surface area contributed by atoms with Gasteiger partial charge in [-0.1, -0.05) is 36.7 Å². The van der Waals surface area contributed by atoms with Crippen LogP contribution in [0.4, 0.5) is 5.69 Å². The molecule has 2 fully saturated rings. The Morgan fingerprint density at radius 2 is 1.86 bits per heavy atom. The average molecular weight is 814 g/mol. The van der Waals surface area contributed by atoms with Crippen molar-refractivity contribution in [2.75, 3.05) is 64.5 Å². The quantitative estimate of drug-likeness (QED) is 0.275. The number of carbonyl (C=O) groups excluding carboxylic acids is 1. The van der Waals surface area contributed by atoms with E-state index in [1.807, 2.05) is 37.3 Å². The van der Waals surface area contributed by atoms with Gasteiger partial charge in [0.1, 0.15) is 18.0 Å². The lowest BCUT2D eigenvalue weighted by Gasteiger charge is -2.53. The average Bonchev–Trinajstić information content (AvgIpc) is 3.16. The zero-order valence-electron chi connectivity index (χ0n) is 34.5. The molecule has 10 nitrogen and oxygen atoms in total. The Morgan fingerprint density at radius 1 is 1.04 bits per heavy atom. The molecule has 310 valence electrons. The van der Waals surface area contributed by atoms with Crippen LogP contribution in [-0.4, -0.2) is 107 Å². The van der Waals surface area contributed by atoms with Crippen LogP contribution in [0.15, 0.2) is 48.6 Å². The number of ether oxygens (including phenoxy) is 3. The van der Waals surface area contributed by atoms with E-state index in [9.17, 15) is 13.2 Å². The molecule has 0 spiro atoms. The summed E-state index contributed by atoms with van der Waals surface area (Å²) >= 11 is 6.44. The topological polar surface area (TPSA) is 101 Å². The molecule has 1 aliphatic carbocycles. The maximum Gasteiger partial charge on any atom is 0.264 e. The number of methoxy groups -OCH3 is 1. The molecule has 0 unspecified atom stereocenters. The molecular weight excluding hydrogens is 748 g/mol. The number of hydrogen-bond acceptors (Lipinski definition) is 9. The van der Waals surface area contributed by atoms with Gasteiger partial charge in [0.2, 0.25) is 10.0 Å². The SMILES string of the molecule is CCO[C@]1(CN2CCN(C(C)C)[C@H](C)C2)/C=C/C[C@H](C)[C@@H](CCOC)S(=O)(=O)NC(=O)c2ccc3c(c2)N(CCCCc2cc(Cl)ccc2CO3)C[C@@H]2CC[C@H]21. The van der Waals surface area contributed by atoms with Crippen molar-refractivity contribution in [3.8, 4) is 5.75 Å². The monoisotopic (exact) mass is 812 g/mol. The first kappa shape index (κ1) is 42.9. The number of rotatable bonds is 8. The van der Waals surface area contributed by atoms with Crippen molar-refractivity contribution in [1.82, 2.24) is 14.5 Å². The number of sulfonamides is 1. The van der Waals surface area contributed by atoms with Crippen LogP contribution in [0.3, 0.4) is 0 Å². The molecule has 2 aromatic carbocycles. The molecule has 56 heavy (non-hydrogen) atoms. The third-order valence-electron chi connectivity index (χ3n) is 12.8. The predicted molar refractivity (Wildman–Crippen MR) is 225 cm³/mol. The number of nitrogens with one attached hydrogen (secondary N) is 1. The fourth-order valence-corrected chi connectivity index (χ4v) is 11.6. The van der Waals surface area contributed by atoms with Crippen LogP contribution in [0.1, 0.15) is 94.6 Å². The van der Waals surface area contributed by atoms with Crippen molar-refractivity contribution in [2.45, 2.75) is 109 Å². The molecule has 1 N–H and O–H groups in total. The summed E-state index contributed by atoms with van der Waals surface area (Å²) in [5, 5.41) is -0.117. The summed E-state index contributed by atoms with van der Waals surface area (Å²) in [5.74, 6) is 0.354. The molecule has 1 amide bonds. The van der Waals surface area contributed by atoms with Gasteiger partial charge in [-0.15, -0.1) is 0 Å². The number of hydrogen-bond donors (Lipinski definition) is 1. The van der Waals surface area contributed by atoms with Crippen LogP contribution in [-0.2, 0) is 32.5 Å². The van der Waals surface area contributed by atoms with E-state index < -0.39 is 26.8 Å². The minimum atomic E-state index is -4.07. The second-order valence-electron chi connectivity index (χ2n) is 16.9. The first-order valence-corrected chi connectivity index (χ1v) is 22.9. The van der Waals surface area contributed by atoms with E-state index in [1.165, 1.54) is 5.56 Å². The highest BCUT2D eigenvalue weighted by atomic mass is 35.5. The lowest BCUT2D eigenvalue weighted by Crippen LogP contribution is -2.61. The zero-order chi connectivity index (χ0) is 40.0. The van der Waals surface area contributed by atoms with Crippen molar-refractivity contribution in [3.05, 3.63) is 70.3 Å². The second kappa shape index (κ2) is 18.9. The highest BCUT2D eigenvalue weighted by molar-refractivity contribution is 7.90. The van der Waals surface area contributed by atoms with Gasteiger partial charge in [0.15, 0.2) is 0 Å². The number of anilines is 1. The molecule has 2 aromatic rings. The number of amides is 1. The van der Waals surface area contributed by atoms with Crippen molar-refractivity contribution in [1.29, 1.82) is 0 Å². The summed E-state index contributed by atoms with van der Waals surface area (Å²) in [4.78, 5) is 21.5. The van der Waals surface area contributed by atoms with E-state index in [1.54, 1.807) is 13.2 Å². The van der Waals surface area contributed by atoms with Gasteiger partial charge in [0, 0.05) is 82.3 Å². The Balaban J connectivity index is 1.42. The summed E-state index contributed by atoms with van der Waals surface area (Å²) in [5.41, 5.74) is 2.83. The number of piperazine rings is 1. The Bertz CT molecular complexity index is 1790. The molecule has 3 heterocycles. The number of nitrogens with zero attached hydrogens (tertiary/aromatic N) is 3. The van der Waals surface area contributed by atoms with Crippen LogP contribution in [0.5, 0.6) is 5.75 Å². The summed E-state index contributed by atoms with van der Waals surface area (Å²) in [6.45, 7) is 17.4.